The maximum Gasteiger partial charge on any atom is 0.255 e. The van der Waals surface area contributed by atoms with Gasteiger partial charge in [-0.3, -0.25) is 9.59 Å². The fraction of sp³-hybridized carbons (Fsp3) is 0.176. The van der Waals surface area contributed by atoms with E-state index in [1.54, 1.807) is 36.4 Å². The van der Waals surface area contributed by atoms with E-state index in [1.165, 1.54) is 0 Å². The van der Waals surface area contributed by atoms with E-state index in [0.29, 0.717) is 23.4 Å². The Labute approximate surface area is 138 Å². The van der Waals surface area contributed by atoms with E-state index >= 15 is 0 Å². The lowest BCUT2D eigenvalue weighted by atomic mass is 10.1. The number of hydrogen-bond donors (Lipinski definition) is 2. The summed E-state index contributed by atoms with van der Waals surface area (Å²) in [7, 11) is 0. The Kier molecular flexibility index (Phi) is 5.33. The molecule has 2 amide bonds. The third-order valence-corrected chi connectivity index (χ3v) is 4.03. The van der Waals surface area contributed by atoms with E-state index in [9.17, 15) is 9.59 Å². The molecule has 0 atom stereocenters. The van der Waals surface area contributed by atoms with Gasteiger partial charge in [0.15, 0.2) is 0 Å². The smallest absolute Gasteiger partial charge is 0.255 e. The van der Waals surface area contributed by atoms with Crippen LogP contribution in [0.4, 0.5) is 5.69 Å². The largest absolute Gasteiger partial charge is 0.352 e. The number of rotatable bonds is 4. The van der Waals surface area contributed by atoms with Crippen LogP contribution < -0.4 is 10.6 Å². The molecular formula is C17H17BrN2O2. The van der Waals surface area contributed by atoms with E-state index < -0.39 is 0 Å². The average molecular weight is 361 g/mol. The van der Waals surface area contributed by atoms with Crippen molar-refractivity contribution in [3.63, 3.8) is 0 Å². The molecule has 0 aromatic heterocycles. The molecule has 0 saturated heterocycles. The van der Waals surface area contributed by atoms with Crippen LogP contribution in [-0.2, 0) is 0 Å². The molecule has 0 saturated carbocycles. The Morgan fingerprint density at radius 2 is 1.64 bits per heavy atom. The van der Waals surface area contributed by atoms with Crippen molar-refractivity contribution in [1.82, 2.24) is 5.32 Å². The van der Waals surface area contributed by atoms with E-state index in [0.717, 1.165) is 10.0 Å². The Balaban J connectivity index is 2.08. The molecule has 0 aliphatic heterocycles. The molecule has 2 N–H and O–H groups in total. The number of carbonyl (C=O) groups excluding carboxylic acids is 2. The topological polar surface area (TPSA) is 58.2 Å². The van der Waals surface area contributed by atoms with Crippen LogP contribution in [-0.4, -0.2) is 18.4 Å². The van der Waals surface area contributed by atoms with Gasteiger partial charge >= 0.3 is 0 Å². The van der Waals surface area contributed by atoms with Crippen molar-refractivity contribution in [2.24, 2.45) is 0 Å². The van der Waals surface area contributed by atoms with Gasteiger partial charge in [-0.2, -0.15) is 0 Å². The lowest BCUT2D eigenvalue weighted by molar-refractivity contribution is 0.0955. The van der Waals surface area contributed by atoms with E-state index in [4.69, 9.17) is 0 Å². The highest BCUT2D eigenvalue weighted by Crippen LogP contribution is 2.18. The van der Waals surface area contributed by atoms with Gasteiger partial charge in [-0.1, -0.05) is 22.0 Å². The minimum Gasteiger partial charge on any atom is -0.352 e. The summed E-state index contributed by atoms with van der Waals surface area (Å²) >= 11 is 3.42. The summed E-state index contributed by atoms with van der Waals surface area (Å²) in [5, 5.41) is 5.54. The molecule has 0 aliphatic rings. The van der Waals surface area contributed by atoms with Gasteiger partial charge in [0.05, 0.1) is 0 Å². The standard InChI is InChI=1S/C17H17BrN2O2/c1-3-19-16(21)12-6-8-14(9-7-12)20-17(22)13-5-4-11(2)15(18)10-13/h4-10H,3H2,1-2H3,(H,19,21)(H,20,22). The second-order valence-electron chi connectivity index (χ2n) is 4.85. The van der Waals surface area contributed by atoms with Gasteiger partial charge < -0.3 is 10.6 Å². The first-order valence-corrected chi connectivity index (χ1v) is 7.76. The predicted molar refractivity (Wildman–Crippen MR) is 91.3 cm³/mol. The highest BCUT2D eigenvalue weighted by Gasteiger charge is 2.09. The van der Waals surface area contributed by atoms with Crippen molar-refractivity contribution in [3.05, 3.63) is 63.6 Å². The number of halogens is 1. The van der Waals surface area contributed by atoms with E-state index in [1.807, 2.05) is 19.9 Å². The normalized spacial score (nSPS) is 10.1. The molecule has 4 nitrogen and oxygen atoms in total. The Morgan fingerprint density at radius 3 is 2.23 bits per heavy atom. The van der Waals surface area contributed by atoms with Crippen LogP contribution in [0.1, 0.15) is 33.2 Å². The summed E-state index contributed by atoms with van der Waals surface area (Å²) in [6.07, 6.45) is 0. The lowest BCUT2D eigenvalue weighted by Crippen LogP contribution is -2.22. The summed E-state index contributed by atoms with van der Waals surface area (Å²) in [6.45, 7) is 4.41. The molecule has 2 aromatic carbocycles. The zero-order valence-electron chi connectivity index (χ0n) is 12.4. The van der Waals surface area contributed by atoms with Crippen LogP contribution >= 0.6 is 15.9 Å². The van der Waals surface area contributed by atoms with Crippen LogP contribution in [0.2, 0.25) is 0 Å². The summed E-state index contributed by atoms with van der Waals surface area (Å²) in [4.78, 5) is 23.9. The van der Waals surface area contributed by atoms with Gasteiger partial charge in [0.25, 0.3) is 11.8 Å². The molecule has 0 unspecified atom stereocenters. The van der Waals surface area contributed by atoms with Gasteiger partial charge in [0, 0.05) is 27.8 Å². The maximum absolute atomic E-state index is 12.2. The Hall–Kier alpha value is -2.14. The molecule has 0 bridgehead atoms. The monoisotopic (exact) mass is 360 g/mol. The molecule has 0 fully saturated rings. The summed E-state index contributed by atoms with van der Waals surface area (Å²) in [6, 6.07) is 12.2. The van der Waals surface area contributed by atoms with Crippen LogP contribution in [0, 0.1) is 6.92 Å². The van der Waals surface area contributed by atoms with Crippen molar-refractivity contribution in [1.29, 1.82) is 0 Å². The molecule has 0 radical (unpaired) electrons. The quantitative estimate of drug-likeness (QED) is 0.871. The summed E-state index contributed by atoms with van der Waals surface area (Å²) in [5.74, 6) is -0.311. The van der Waals surface area contributed by atoms with Crippen LogP contribution in [0.3, 0.4) is 0 Å². The number of carbonyl (C=O) groups is 2. The maximum atomic E-state index is 12.2. The van der Waals surface area contributed by atoms with E-state index in [-0.39, 0.29) is 11.8 Å². The van der Waals surface area contributed by atoms with Crippen molar-refractivity contribution < 1.29 is 9.59 Å². The number of aryl methyl sites for hydroxylation is 1. The van der Waals surface area contributed by atoms with Crippen molar-refractivity contribution in [2.75, 3.05) is 11.9 Å². The summed E-state index contributed by atoms with van der Waals surface area (Å²) < 4.78 is 0.895. The first kappa shape index (κ1) is 16.2. The lowest BCUT2D eigenvalue weighted by Gasteiger charge is -2.08. The van der Waals surface area contributed by atoms with Gasteiger partial charge in [-0.25, -0.2) is 0 Å². The molecule has 2 aromatic rings. The fourth-order valence-corrected chi connectivity index (χ4v) is 2.28. The van der Waals surface area contributed by atoms with Gasteiger partial charge in [-0.15, -0.1) is 0 Å². The first-order chi connectivity index (χ1) is 10.5. The van der Waals surface area contributed by atoms with Gasteiger partial charge in [0.1, 0.15) is 0 Å². The second-order valence-corrected chi connectivity index (χ2v) is 5.71. The molecule has 2 rings (SSSR count). The zero-order valence-corrected chi connectivity index (χ0v) is 14.0. The predicted octanol–water partition coefficient (Wildman–Crippen LogP) is 3.76. The number of nitrogens with one attached hydrogen (secondary N) is 2. The zero-order chi connectivity index (χ0) is 16.1. The van der Waals surface area contributed by atoms with Crippen molar-refractivity contribution in [3.8, 4) is 0 Å². The SMILES string of the molecule is CCNC(=O)c1ccc(NC(=O)c2ccc(C)c(Br)c2)cc1. The average Bonchev–Trinajstić information content (AvgIpc) is 2.51. The van der Waals surface area contributed by atoms with Gasteiger partial charge in [-0.05, 0) is 55.8 Å². The molecular weight excluding hydrogens is 344 g/mol. The molecule has 5 heteroatoms. The van der Waals surface area contributed by atoms with Crippen LogP contribution in [0.15, 0.2) is 46.9 Å². The third kappa shape index (κ3) is 3.95. The molecule has 22 heavy (non-hydrogen) atoms. The second kappa shape index (κ2) is 7.22. The number of amides is 2. The third-order valence-electron chi connectivity index (χ3n) is 3.18. The Bertz CT molecular complexity index is 696. The molecule has 0 heterocycles. The van der Waals surface area contributed by atoms with Crippen LogP contribution in [0.5, 0.6) is 0 Å². The molecule has 0 spiro atoms. The van der Waals surface area contributed by atoms with Gasteiger partial charge in [0.2, 0.25) is 0 Å². The summed E-state index contributed by atoms with van der Waals surface area (Å²) in [5.41, 5.74) is 2.86. The number of benzene rings is 2. The molecule has 114 valence electrons. The highest BCUT2D eigenvalue weighted by molar-refractivity contribution is 9.10. The Morgan fingerprint density at radius 1 is 1.00 bits per heavy atom. The number of anilines is 1. The number of hydrogen-bond acceptors (Lipinski definition) is 2. The van der Waals surface area contributed by atoms with Crippen molar-refractivity contribution >= 4 is 33.4 Å². The highest BCUT2D eigenvalue weighted by atomic mass is 79.9. The molecule has 0 aliphatic carbocycles. The van der Waals surface area contributed by atoms with Crippen LogP contribution in [0.25, 0.3) is 0 Å². The first-order valence-electron chi connectivity index (χ1n) is 6.97. The fourth-order valence-electron chi connectivity index (χ4n) is 1.90. The van der Waals surface area contributed by atoms with E-state index in [2.05, 4.69) is 26.6 Å². The minimum atomic E-state index is -0.188. The van der Waals surface area contributed by atoms with Crippen molar-refractivity contribution in [2.45, 2.75) is 13.8 Å². The minimum absolute atomic E-state index is 0.122.